The zero-order valence-corrected chi connectivity index (χ0v) is 11.4. The van der Waals surface area contributed by atoms with Crippen LogP contribution in [0.1, 0.15) is 51.3 Å². The molecule has 0 atom stereocenters. The lowest BCUT2D eigenvalue weighted by molar-refractivity contribution is 0.303. The third kappa shape index (κ3) is 4.73. The second-order valence-corrected chi connectivity index (χ2v) is 4.52. The first-order valence-electron chi connectivity index (χ1n) is 6.51. The van der Waals surface area contributed by atoms with Crippen LogP contribution in [0, 0.1) is 0 Å². The van der Waals surface area contributed by atoms with Crippen molar-refractivity contribution in [3.63, 3.8) is 0 Å². The Morgan fingerprint density at radius 3 is 2.65 bits per heavy atom. The van der Waals surface area contributed by atoms with Gasteiger partial charge in [0.25, 0.3) is 0 Å². The summed E-state index contributed by atoms with van der Waals surface area (Å²) in [5, 5.41) is 3.33. The van der Waals surface area contributed by atoms with Crippen molar-refractivity contribution in [3.8, 4) is 5.88 Å². The van der Waals surface area contributed by atoms with Gasteiger partial charge in [0.2, 0.25) is 5.88 Å². The number of pyridine rings is 1. The summed E-state index contributed by atoms with van der Waals surface area (Å²) in [7, 11) is 0. The highest BCUT2D eigenvalue weighted by Gasteiger charge is 2.06. The lowest BCUT2D eigenvalue weighted by atomic mass is 10.1. The van der Waals surface area contributed by atoms with Crippen LogP contribution in [-0.2, 0) is 6.54 Å². The molecular formula is C14H24N2O. The van der Waals surface area contributed by atoms with Crippen molar-refractivity contribution in [1.82, 2.24) is 10.3 Å². The zero-order chi connectivity index (χ0) is 12.7. The van der Waals surface area contributed by atoms with E-state index in [9.17, 15) is 0 Å². The van der Waals surface area contributed by atoms with E-state index >= 15 is 0 Å². The summed E-state index contributed by atoms with van der Waals surface area (Å²) in [6.07, 6.45) is 1.01. The average molecular weight is 236 g/mol. The van der Waals surface area contributed by atoms with Gasteiger partial charge < -0.3 is 10.1 Å². The first-order valence-corrected chi connectivity index (χ1v) is 6.51. The third-order valence-electron chi connectivity index (χ3n) is 2.51. The second-order valence-electron chi connectivity index (χ2n) is 4.52. The molecule has 1 heterocycles. The van der Waals surface area contributed by atoms with Gasteiger partial charge in [0.1, 0.15) is 0 Å². The van der Waals surface area contributed by atoms with E-state index in [0.29, 0.717) is 5.92 Å². The van der Waals surface area contributed by atoms with Crippen LogP contribution < -0.4 is 10.1 Å². The average Bonchev–Trinajstić information content (AvgIpc) is 2.33. The Hall–Kier alpha value is -1.09. The summed E-state index contributed by atoms with van der Waals surface area (Å²) in [6, 6.07) is 4.19. The molecule has 0 saturated carbocycles. The number of nitrogens with one attached hydrogen (secondary N) is 1. The van der Waals surface area contributed by atoms with Gasteiger partial charge in [0.15, 0.2) is 0 Å². The fraction of sp³-hybridized carbons (Fsp3) is 0.643. The summed E-state index contributed by atoms with van der Waals surface area (Å²) in [5.41, 5.74) is 2.35. The van der Waals surface area contributed by atoms with E-state index in [1.807, 2.05) is 6.07 Å². The normalized spacial score (nSPS) is 10.9. The van der Waals surface area contributed by atoms with Gasteiger partial charge in [0, 0.05) is 18.3 Å². The van der Waals surface area contributed by atoms with Gasteiger partial charge in [-0.15, -0.1) is 0 Å². The maximum absolute atomic E-state index is 5.63. The molecule has 0 bridgehead atoms. The number of aromatic nitrogens is 1. The highest BCUT2D eigenvalue weighted by Crippen LogP contribution is 2.19. The molecule has 96 valence electrons. The Balaban J connectivity index is 2.84. The first kappa shape index (κ1) is 14.0. The van der Waals surface area contributed by atoms with Gasteiger partial charge in [-0.1, -0.05) is 27.7 Å². The molecule has 3 nitrogen and oxygen atoms in total. The summed E-state index contributed by atoms with van der Waals surface area (Å²) in [6.45, 7) is 11.1. The highest BCUT2D eigenvalue weighted by atomic mass is 16.5. The number of nitrogens with zero attached hydrogens (tertiary/aromatic N) is 1. The first-order chi connectivity index (χ1) is 8.17. The molecule has 1 aromatic rings. The van der Waals surface area contributed by atoms with E-state index in [0.717, 1.165) is 37.7 Å². The molecule has 1 aromatic heterocycles. The lowest BCUT2D eigenvalue weighted by Crippen LogP contribution is -2.13. The minimum atomic E-state index is 0.431. The predicted molar refractivity (Wildman–Crippen MR) is 71.5 cm³/mol. The molecule has 0 saturated heterocycles. The smallest absolute Gasteiger partial charge is 0.213 e. The van der Waals surface area contributed by atoms with Crippen molar-refractivity contribution in [2.45, 2.75) is 46.6 Å². The van der Waals surface area contributed by atoms with Crippen LogP contribution in [0.5, 0.6) is 5.88 Å². The van der Waals surface area contributed by atoms with E-state index in [1.165, 1.54) is 5.56 Å². The minimum absolute atomic E-state index is 0.431. The molecule has 1 rings (SSSR count). The van der Waals surface area contributed by atoms with E-state index < -0.39 is 0 Å². The Kier molecular flexibility index (Phi) is 5.98. The zero-order valence-electron chi connectivity index (χ0n) is 11.4. The Labute approximate surface area is 105 Å². The van der Waals surface area contributed by atoms with Crippen LogP contribution in [-0.4, -0.2) is 18.1 Å². The highest BCUT2D eigenvalue weighted by molar-refractivity contribution is 5.26. The van der Waals surface area contributed by atoms with Crippen LogP contribution in [0.15, 0.2) is 12.1 Å². The molecule has 1 N–H and O–H groups in total. The molecule has 0 radical (unpaired) electrons. The SMILES string of the molecule is CCCOc1cc(CNCC)cc(C(C)C)n1. The monoisotopic (exact) mass is 236 g/mol. The lowest BCUT2D eigenvalue weighted by Gasteiger charge is -2.12. The second kappa shape index (κ2) is 7.28. The third-order valence-corrected chi connectivity index (χ3v) is 2.51. The van der Waals surface area contributed by atoms with Crippen LogP contribution >= 0.6 is 0 Å². The van der Waals surface area contributed by atoms with Crippen molar-refractivity contribution in [2.75, 3.05) is 13.2 Å². The van der Waals surface area contributed by atoms with Crippen molar-refractivity contribution in [1.29, 1.82) is 0 Å². The number of hydrogen-bond donors (Lipinski definition) is 1. The Morgan fingerprint density at radius 1 is 1.29 bits per heavy atom. The molecule has 0 spiro atoms. The fourth-order valence-electron chi connectivity index (χ4n) is 1.53. The minimum Gasteiger partial charge on any atom is -0.478 e. The van der Waals surface area contributed by atoms with E-state index in [-0.39, 0.29) is 0 Å². The van der Waals surface area contributed by atoms with Gasteiger partial charge in [-0.3, -0.25) is 0 Å². The van der Waals surface area contributed by atoms with Gasteiger partial charge in [-0.05, 0) is 30.5 Å². The summed E-state index contributed by atoms with van der Waals surface area (Å²) in [5.74, 6) is 1.19. The standard InChI is InChI=1S/C14H24N2O/c1-5-7-17-14-9-12(10-15-6-2)8-13(16-14)11(3)4/h8-9,11,15H,5-7,10H2,1-4H3. The van der Waals surface area contributed by atoms with Gasteiger partial charge in [-0.2, -0.15) is 0 Å². The van der Waals surface area contributed by atoms with Crippen LogP contribution in [0.25, 0.3) is 0 Å². The molecule has 0 amide bonds. The van der Waals surface area contributed by atoms with Crippen LogP contribution in [0.2, 0.25) is 0 Å². The van der Waals surface area contributed by atoms with Crippen LogP contribution in [0.3, 0.4) is 0 Å². The van der Waals surface area contributed by atoms with Crippen LogP contribution in [0.4, 0.5) is 0 Å². The number of ether oxygens (including phenoxy) is 1. The largest absolute Gasteiger partial charge is 0.478 e. The van der Waals surface area contributed by atoms with Gasteiger partial charge in [0.05, 0.1) is 6.61 Å². The van der Waals surface area contributed by atoms with Gasteiger partial charge >= 0.3 is 0 Å². The molecule has 3 heteroatoms. The van der Waals surface area contributed by atoms with E-state index in [1.54, 1.807) is 0 Å². The number of hydrogen-bond acceptors (Lipinski definition) is 3. The molecule has 17 heavy (non-hydrogen) atoms. The molecule has 0 aromatic carbocycles. The summed E-state index contributed by atoms with van der Waals surface area (Å²) < 4.78 is 5.63. The quantitative estimate of drug-likeness (QED) is 0.790. The van der Waals surface area contributed by atoms with Gasteiger partial charge in [-0.25, -0.2) is 4.98 Å². The van der Waals surface area contributed by atoms with E-state index in [2.05, 4.69) is 44.1 Å². The molecule has 0 unspecified atom stereocenters. The van der Waals surface area contributed by atoms with Crippen molar-refractivity contribution < 1.29 is 4.74 Å². The molecular weight excluding hydrogens is 212 g/mol. The Bertz CT molecular complexity index is 311. The molecule has 0 aliphatic carbocycles. The van der Waals surface area contributed by atoms with E-state index in [4.69, 9.17) is 4.74 Å². The van der Waals surface area contributed by atoms with Crippen molar-refractivity contribution in [3.05, 3.63) is 23.4 Å². The summed E-state index contributed by atoms with van der Waals surface area (Å²) in [4.78, 5) is 4.53. The molecule has 0 aliphatic rings. The van der Waals surface area contributed by atoms with Crippen molar-refractivity contribution >= 4 is 0 Å². The predicted octanol–water partition coefficient (Wildman–Crippen LogP) is 3.10. The topological polar surface area (TPSA) is 34.1 Å². The fourth-order valence-corrected chi connectivity index (χ4v) is 1.53. The summed E-state index contributed by atoms with van der Waals surface area (Å²) >= 11 is 0. The Morgan fingerprint density at radius 2 is 2.06 bits per heavy atom. The maximum Gasteiger partial charge on any atom is 0.213 e. The molecule has 0 aliphatic heterocycles. The maximum atomic E-state index is 5.63. The molecule has 0 fully saturated rings. The van der Waals surface area contributed by atoms with Crippen molar-refractivity contribution in [2.24, 2.45) is 0 Å². The number of rotatable bonds is 7.